The summed E-state index contributed by atoms with van der Waals surface area (Å²) in [6.07, 6.45) is 0. The average Bonchev–Trinajstić information content (AvgIpc) is 2.82. The molecular weight excluding hydrogens is 424 g/mol. The van der Waals surface area contributed by atoms with Crippen molar-refractivity contribution in [3.63, 3.8) is 0 Å². The van der Waals surface area contributed by atoms with Gasteiger partial charge >= 0.3 is 0 Å². The zero-order chi connectivity index (χ0) is 24.5. The van der Waals surface area contributed by atoms with Crippen molar-refractivity contribution in [2.45, 2.75) is 39.7 Å². The van der Waals surface area contributed by atoms with Crippen LogP contribution in [-0.2, 0) is 12.0 Å². The predicted octanol–water partition coefficient (Wildman–Crippen LogP) is 5.99. The first-order valence-electron chi connectivity index (χ1n) is 11.4. The highest BCUT2D eigenvalue weighted by Crippen LogP contribution is 2.26. The van der Waals surface area contributed by atoms with E-state index in [9.17, 15) is 9.59 Å². The van der Waals surface area contributed by atoms with Gasteiger partial charge in [0.25, 0.3) is 11.5 Å². The average molecular weight is 455 g/mol. The number of hydrogen-bond donors (Lipinski definition) is 1. The molecule has 34 heavy (non-hydrogen) atoms. The number of carbonyl (C=O) groups excluding carboxylic acids is 1. The first kappa shape index (κ1) is 23.3. The topological polar surface area (TPSA) is 62.4 Å². The number of nitrogens with one attached hydrogen (secondary N) is 1. The van der Waals surface area contributed by atoms with Crippen molar-refractivity contribution < 1.29 is 9.53 Å². The van der Waals surface area contributed by atoms with Crippen LogP contribution in [0.5, 0.6) is 5.75 Å². The number of benzene rings is 3. The summed E-state index contributed by atoms with van der Waals surface area (Å²) in [5, 5.41) is 0.936. The SMILES string of the molecule is COc1ccc(N(Cc2cc3cccc(C)c3[nH]c2=O)C(=O)c2ccc(C(C)(C)C)cc2)cc1. The summed E-state index contributed by atoms with van der Waals surface area (Å²) in [4.78, 5) is 31.3. The molecule has 4 aromatic rings. The van der Waals surface area contributed by atoms with Crippen LogP contribution < -0.4 is 15.2 Å². The number of anilines is 1. The van der Waals surface area contributed by atoms with Gasteiger partial charge in [-0.15, -0.1) is 0 Å². The molecule has 0 spiro atoms. The highest BCUT2D eigenvalue weighted by atomic mass is 16.5. The zero-order valence-electron chi connectivity index (χ0n) is 20.3. The van der Waals surface area contributed by atoms with Crippen molar-refractivity contribution in [3.8, 4) is 5.75 Å². The lowest BCUT2D eigenvalue weighted by Gasteiger charge is -2.24. The van der Waals surface area contributed by atoms with Crippen molar-refractivity contribution in [1.29, 1.82) is 0 Å². The van der Waals surface area contributed by atoms with E-state index in [0.29, 0.717) is 22.6 Å². The summed E-state index contributed by atoms with van der Waals surface area (Å²) in [6, 6.07) is 22.7. The maximum atomic E-state index is 13.7. The third-order valence-corrected chi connectivity index (χ3v) is 6.12. The van der Waals surface area contributed by atoms with Crippen molar-refractivity contribution in [2.75, 3.05) is 12.0 Å². The van der Waals surface area contributed by atoms with Crippen molar-refractivity contribution >= 4 is 22.5 Å². The number of hydrogen-bond acceptors (Lipinski definition) is 3. The molecule has 0 atom stereocenters. The van der Waals surface area contributed by atoms with Gasteiger partial charge in [-0.25, -0.2) is 0 Å². The fourth-order valence-electron chi connectivity index (χ4n) is 4.03. The second kappa shape index (κ2) is 9.18. The Labute approximate surface area is 200 Å². The molecule has 0 saturated heterocycles. The molecule has 0 aliphatic rings. The Balaban J connectivity index is 1.75. The largest absolute Gasteiger partial charge is 0.497 e. The lowest BCUT2D eigenvalue weighted by Crippen LogP contribution is -2.33. The minimum atomic E-state index is -0.198. The van der Waals surface area contributed by atoms with Gasteiger partial charge in [0.15, 0.2) is 0 Å². The Morgan fingerprint density at radius 3 is 2.26 bits per heavy atom. The second-order valence-corrected chi connectivity index (χ2v) is 9.58. The van der Waals surface area contributed by atoms with Crippen molar-refractivity contribution in [3.05, 3.63) is 105 Å². The minimum Gasteiger partial charge on any atom is -0.497 e. The summed E-state index contributed by atoms with van der Waals surface area (Å²) >= 11 is 0. The quantitative estimate of drug-likeness (QED) is 0.403. The summed E-state index contributed by atoms with van der Waals surface area (Å²) in [5.74, 6) is 0.527. The van der Waals surface area contributed by atoms with Gasteiger partial charge in [-0.3, -0.25) is 9.59 Å². The van der Waals surface area contributed by atoms with Crippen LogP contribution in [0, 0.1) is 6.92 Å². The Bertz CT molecular complexity index is 1380. The van der Waals surface area contributed by atoms with E-state index in [-0.39, 0.29) is 23.4 Å². The molecule has 0 radical (unpaired) electrons. The third kappa shape index (κ3) is 4.74. The zero-order valence-corrected chi connectivity index (χ0v) is 20.3. The molecule has 0 unspecified atom stereocenters. The van der Waals surface area contributed by atoms with E-state index in [1.54, 1.807) is 12.0 Å². The molecule has 5 nitrogen and oxygen atoms in total. The molecule has 1 N–H and O–H groups in total. The standard InChI is InChI=1S/C29H30N2O3/c1-19-7-6-8-21-17-22(27(32)30-26(19)21)18-31(24-13-15-25(34-5)16-14-24)28(33)20-9-11-23(12-10-20)29(2,3)4/h6-17H,18H2,1-5H3,(H,30,32). The maximum Gasteiger partial charge on any atom is 0.258 e. The Morgan fingerprint density at radius 1 is 0.971 bits per heavy atom. The van der Waals surface area contributed by atoms with Crippen LogP contribution in [-0.4, -0.2) is 18.0 Å². The first-order valence-corrected chi connectivity index (χ1v) is 11.4. The number of aryl methyl sites for hydroxylation is 1. The summed E-state index contributed by atoms with van der Waals surface area (Å²) in [6.45, 7) is 8.53. The number of pyridine rings is 1. The Hall–Kier alpha value is -3.86. The van der Waals surface area contributed by atoms with E-state index in [0.717, 1.165) is 22.0 Å². The van der Waals surface area contributed by atoms with Crippen molar-refractivity contribution in [2.24, 2.45) is 0 Å². The molecule has 1 amide bonds. The maximum absolute atomic E-state index is 13.7. The van der Waals surface area contributed by atoms with E-state index in [2.05, 4.69) is 25.8 Å². The smallest absolute Gasteiger partial charge is 0.258 e. The molecular formula is C29H30N2O3. The summed E-state index contributed by atoms with van der Waals surface area (Å²) in [7, 11) is 1.60. The van der Waals surface area contributed by atoms with Gasteiger partial charge in [-0.2, -0.15) is 0 Å². The fourth-order valence-corrected chi connectivity index (χ4v) is 4.03. The van der Waals surface area contributed by atoms with E-state index < -0.39 is 0 Å². The normalized spacial score (nSPS) is 11.4. The molecule has 0 bridgehead atoms. The van der Waals surface area contributed by atoms with E-state index in [4.69, 9.17) is 4.74 Å². The number of aromatic nitrogens is 1. The molecule has 4 rings (SSSR count). The number of H-pyrrole nitrogens is 1. The van der Waals surface area contributed by atoms with Crippen LogP contribution in [0.15, 0.2) is 77.6 Å². The van der Waals surface area contributed by atoms with Crippen molar-refractivity contribution in [1.82, 2.24) is 4.98 Å². The Morgan fingerprint density at radius 2 is 1.65 bits per heavy atom. The molecule has 174 valence electrons. The van der Waals surface area contributed by atoms with Gasteiger partial charge in [0.2, 0.25) is 0 Å². The lowest BCUT2D eigenvalue weighted by molar-refractivity contribution is 0.0985. The number of fused-ring (bicyclic) bond motifs is 1. The van der Waals surface area contributed by atoms with Gasteiger partial charge < -0.3 is 14.6 Å². The fraction of sp³-hybridized carbons (Fsp3) is 0.241. The summed E-state index contributed by atoms with van der Waals surface area (Å²) in [5.41, 5.74) is 4.55. The number of nitrogens with zero attached hydrogens (tertiary/aromatic N) is 1. The van der Waals surface area contributed by atoms with Crippen LogP contribution in [0.2, 0.25) is 0 Å². The number of amides is 1. The number of ether oxygens (including phenoxy) is 1. The van der Waals surface area contributed by atoms with E-state index in [1.165, 1.54) is 0 Å². The monoisotopic (exact) mass is 454 g/mol. The van der Waals surface area contributed by atoms with Gasteiger partial charge in [0, 0.05) is 16.8 Å². The Kier molecular flexibility index (Phi) is 6.29. The molecule has 1 aromatic heterocycles. The van der Waals surface area contributed by atoms with Crippen LogP contribution >= 0.6 is 0 Å². The van der Waals surface area contributed by atoms with Gasteiger partial charge in [-0.1, -0.05) is 51.1 Å². The van der Waals surface area contributed by atoms with Crippen LogP contribution in [0.25, 0.3) is 10.9 Å². The molecule has 0 saturated carbocycles. The molecule has 1 heterocycles. The van der Waals surface area contributed by atoms with Crippen LogP contribution in [0.4, 0.5) is 5.69 Å². The van der Waals surface area contributed by atoms with Gasteiger partial charge in [0.1, 0.15) is 5.75 Å². The van der Waals surface area contributed by atoms with Crippen LogP contribution in [0.3, 0.4) is 0 Å². The highest BCUT2D eigenvalue weighted by molar-refractivity contribution is 6.06. The first-order chi connectivity index (χ1) is 16.2. The van der Waals surface area contributed by atoms with E-state index >= 15 is 0 Å². The van der Waals surface area contributed by atoms with Gasteiger partial charge in [0.05, 0.1) is 19.2 Å². The third-order valence-electron chi connectivity index (χ3n) is 6.12. The number of rotatable bonds is 5. The lowest BCUT2D eigenvalue weighted by atomic mass is 9.86. The van der Waals surface area contributed by atoms with Gasteiger partial charge in [-0.05, 0) is 71.3 Å². The highest BCUT2D eigenvalue weighted by Gasteiger charge is 2.21. The van der Waals surface area contributed by atoms with E-state index in [1.807, 2.05) is 79.7 Å². The number of aromatic amines is 1. The number of carbonyl (C=O) groups is 1. The molecule has 3 aromatic carbocycles. The predicted molar refractivity (Wildman–Crippen MR) is 138 cm³/mol. The number of para-hydroxylation sites is 1. The summed E-state index contributed by atoms with van der Waals surface area (Å²) < 4.78 is 5.28. The molecule has 0 aliphatic carbocycles. The molecule has 0 fully saturated rings. The van der Waals surface area contributed by atoms with Crippen LogP contribution in [0.1, 0.15) is 47.8 Å². The minimum absolute atomic E-state index is 0.00618. The molecule has 0 aliphatic heterocycles. The molecule has 5 heteroatoms. The number of methoxy groups -OCH3 is 1. The second-order valence-electron chi connectivity index (χ2n) is 9.58.